The highest BCUT2D eigenvalue weighted by molar-refractivity contribution is 5.81. The van der Waals surface area contributed by atoms with Crippen molar-refractivity contribution >= 4 is 12.6 Å². The molecule has 17 heavy (non-hydrogen) atoms. The average molecular weight is 232 g/mol. The number of aromatic amines is 2. The SMILES string of the molecule is CCOc1cc(-c2ccc(C=O)[nH]2)[nH]c1C=O. The van der Waals surface area contributed by atoms with Crippen LogP contribution in [0.4, 0.5) is 0 Å². The molecule has 2 aromatic rings. The highest BCUT2D eigenvalue weighted by atomic mass is 16.5. The standard InChI is InChI=1S/C12H12N2O3/c1-2-17-12-5-10(14-11(12)7-16)9-4-3-8(6-15)13-9/h3-7,13-14H,2H2,1H3. The summed E-state index contributed by atoms with van der Waals surface area (Å²) < 4.78 is 5.32. The molecule has 0 aromatic carbocycles. The van der Waals surface area contributed by atoms with Crippen molar-refractivity contribution in [2.75, 3.05) is 6.61 Å². The van der Waals surface area contributed by atoms with E-state index in [0.717, 1.165) is 12.0 Å². The Balaban J connectivity index is 2.38. The Morgan fingerprint density at radius 2 is 2.00 bits per heavy atom. The molecule has 0 spiro atoms. The fourth-order valence-electron chi connectivity index (χ4n) is 1.60. The minimum atomic E-state index is 0.393. The summed E-state index contributed by atoms with van der Waals surface area (Å²) in [7, 11) is 0. The highest BCUT2D eigenvalue weighted by Crippen LogP contribution is 2.25. The Kier molecular flexibility index (Phi) is 3.09. The van der Waals surface area contributed by atoms with Crippen LogP contribution >= 0.6 is 0 Å². The van der Waals surface area contributed by atoms with Crippen LogP contribution in [0, 0.1) is 0 Å². The third kappa shape index (κ3) is 2.13. The Bertz CT molecular complexity index is 540. The molecule has 88 valence electrons. The molecule has 0 bridgehead atoms. The van der Waals surface area contributed by atoms with Crippen LogP contribution in [0.25, 0.3) is 11.4 Å². The van der Waals surface area contributed by atoms with Crippen molar-refractivity contribution in [3.8, 4) is 17.1 Å². The number of ether oxygens (including phenoxy) is 1. The highest BCUT2D eigenvalue weighted by Gasteiger charge is 2.10. The van der Waals surface area contributed by atoms with E-state index in [0.29, 0.717) is 35.7 Å². The quantitative estimate of drug-likeness (QED) is 0.774. The Morgan fingerprint density at radius 3 is 2.59 bits per heavy atom. The summed E-state index contributed by atoms with van der Waals surface area (Å²) in [5.74, 6) is 0.514. The van der Waals surface area contributed by atoms with Crippen molar-refractivity contribution in [2.24, 2.45) is 0 Å². The summed E-state index contributed by atoms with van der Waals surface area (Å²) in [6.45, 7) is 2.34. The molecule has 0 aliphatic carbocycles. The van der Waals surface area contributed by atoms with Crippen LogP contribution in [-0.4, -0.2) is 29.1 Å². The van der Waals surface area contributed by atoms with E-state index in [2.05, 4.69) is 9.97 Å². The molecule has 0 amide bonds. The van der Waals surface area contributed by atoms with E-state index >= 15 is 0 Å². The van der Waals surface area contributed by atoms with Crippen LogP contribution in [-0.2, 0) is 0 Å². The van der Waals surface area contributed by atoms with Crippen molar-refractivity contribution in [2.45, 2.75) is 6.92 Å². The van der Waals surface area contributed by atoms with Crippen LogP contribution in [0.2, 0.25) is 0 Å². The molecule has 2 N–H and O–H groups in total. The second-order valence-electron chi connectivity index (χ2n) is 3.46. The second-order valence-corrected chi connectivity index (χ2v) is 3.46. The summed E-state index contributed by atoms with van der Waals surface area (Å²) in [6.07, 6.45) is 1.44. The number of aldehydes is 2. The number of aromatic nitrogens is 2. The van der Waals surface area contributed by atoms with E-state index in [9.17, 15) is 9.59 Å². The van der Waals surface area contributed by atoms with E-state index in [-0.39, 0.29) is 0 Å². The Labute approximate surface area is 97.8 Å². The van der Waals surface area contributed by atoms with Crippen LogP contribution in [0.3, 0.4) is 0 Å². The van der Waals surface area contributed by atoms with Gasteiger partial charge in [0.25, 0.3) is 0 Å². The first-order chi connectivity index (χ1) is 8.28. The van der Waals surface area contributed by atoms with Crippen molar-refractivity contribution in [3.63, 3.8) is 0 Å². The lowest BCUT2D eigenvalue weighted by molar-refractivity contribution is 0.111. The van der Waals surface area contributed by atoms with Gasteiger partial charge in [0.1, 0.15) is 11.4 Å². The molecule has 0 atom stereocenters. The first-order valence-corrected chi connectivity index (χ1v) is 5.24. The molecule has 0 unspecified atom stereocenters. The van der Waals surface area contributed by atoms with Crippen LogP contribution in [0.15, 0.2) is 18.2 Å². The molecule has 5 nitrogen and oxygen atoms in total. The summed E-state index contributed by atoms with van der Waals surface area (Å²) in [5.41, 5.74) is 2.33. The molecule has 2 rings (SSSR count). The average Bonchev–Trinajstić information content (AvgIpc) is 2.94. The van der Waals surface area contributed by atoms with Gasteiger partial charge in [0.2, 0.25) is 0 Å². The Morgan fingerprint density at radius 1 is 1.18 bits per heavy atom. The molecule has 0 aliphatic heterocycles. The Hall–Kier alpha value is -2.30. The number of carbonyl (C=O) groups excluding carboxylic acids is 2. The van der Waals surface area contributed by atoms with E-state index in [1.54, 1.807) is 18.2 Å². The van der Waals surface area contributed by atoms with Gasteiger partial charge in [-0.15, -0.1) is 0 Å². The zero-order valence-corrected chi connectivity index (χ0v) is 9.32. The minimum absolute atomic E-state index is 0.393. The maximum absolute atomic E-state index is 10.8. The minimum Gasteiger partial charge on any atom is -0.491 e. The van der Waals surface area contributed by atoms with E-state index in [4.69, 9.17) is 4.74 Å². The van der Waals surface area contributed by atoms with Gasteiger partial charge in [0, 0.05) is 6.07 Å². The lowest BCUT2D eigenvalue weighted by atomic mass is 10.3. The number of hydrogen-bond donors (Lipinski definition) is 2. The van der Waals surface area contributed by atoms with Gasteiger partial charge in [-0.25, -0.2) is 0 Å². The first kappa shape index (κ1) is 11.2. The fraction of sp³-hybridized carbons (Fsp3) is 0.167. The monoisotopic (exact) mass is 232 g/mol. The van der Waals surface area contributed by atoms with Gasteiger partial charge in [0.05, 0.1) is 23.7 Å². The molecule has 2 heterocycles. The summed E-state index contributed by atoms with van der Waals surface area (Å²) in [5, 5.41) is 0. The normalized spacial score (nSPS) is 10.2. The summed E-state index contributed by atoms with van der Waals surface area (Å²) in [4.78, 5) is 27.2. The van der Waals surface area contributed by atoms with Crippen molar-refractivity contribution < 1.29 is 14.3 Å². The van der Waals surface area contributed by atoms with E-state index < -0.39 is 0 Å². The van der Waals surface area contributed by atoms with Gasteiger partial charge < -0.3 is 14.7 Å². The third-order valence-electron chi connectivity index (χ3n) is 2.35. The van der Waals surface area contributed by atoms with Gasteiger partial charge in [-0.2, -0.15) is 0 Å². The summed E-state index contributed by atoms with van der Waals surface area (Å²) in [6, 6.07) is 5.16. The third-order valence-corrected chi connectivity index (χ3v) is 2.35. The fourth-order valence-corrected chi connectivity index (χ4v) is 1.60. The zero-order chi connectivity index (χ0) is 12.3. The number of hydrogen-bond acceptors (Lipinski definition) is 3. The predicted molar refractivity (Wildman–Crippen MR) is 62.5 cm³/mol. The maximum Gasteiger partial charge on any atom is 0.170 e. The van der Waals surface area contributed by atoms with E-state index in [1.165, 1.54) is 0 Å². The predicted octanol–water partition coefficient (Wildman–Crippen LogP) is 2.03. The summed E-state index contributed by atoms with van der Waals surface area (Å²) >= 11 is 0. The molecule has 0 radical (unpaired) electrons. The van der Waals surface area contributed by atoms with Gasteiger partial charge in [-0.3, -0.25) is 9.59 Å². The molecule has 0 fully saturated rings. The molecule has 0 saturated carbocycles. The van der Waals surface area contributed by atoms with Crippen LogP contribution in [0.1, 0.15) is 27.9 Å². The number of rotatable bonds is 5. The van der Waals surface area contributed by atoms with Gasteiger partial charge in [0.15, 0.2) is 12.6 Å². The molecular weight excluding hydrogens is 220 g/mol. The smallest absolute Gasteiger partial charge is 0.170 e. The molecular formula is C12H12N2O3. The van der Waals surface area contributed by atoms with Gasteiger partial charge in [-0.1, -0.05) is 0 Å². The van der Waals surface area contributed by atoms with Crippen LogP contribution in [0.5, 0.6) is 5.75 Å². The molecule has 0 aliphatic rings. The lowest BCUT2D eigenvalue weighted by Gasteiger charge is -1.97. The lowest BCUT2D eigenvalue weighted by Crippen LogP contribution is -1.92. The number of nitrogens with one attached hydrogen (secondary N) is 2. The number of H-pyrrole nitrogens is 2. The van der Waals surface area contributed by atoms with Crippen molar-refractivity contribution in [3.05, 3.63) is 29.6 Å². The van der Waals surface area contributed by atoms with Crippen molar-refractivity contribution in [1.82, 2.24) is 9.97 Å². The first-order valence-electron chi connectivity index (χ1n) is 5.24. The largest absolute Gasteiger partial charge is 0.491 e. The topological polar surface area (TPSA) is 75.0 Å². The molecule has 2 aromatic heterocycles. The zero-order valence-electron chi connectivity index (χ0n) is 9.32. The van der Waals surface area contributed by atoms with Crippen LogP contribution < -0.4 is 4.74 Å². The molecule has 0 saturated heterocycles. The van der Waals surface area contributed by atoms with Crippen molar-refractivity contribution in [1.29, 1.82) is 0 Å². The maximum atomic E-state index is 10.8. The van der Waals surface area contributed by atoms with E-state index in [1.807, 2.05) is 6.92 Å². The van der Waals surface area contributed by atoms with Gasteiger partial charge >= 0.3 is 0 Å². The number of carbonyl (C=O) groups is 2. The molecule has 5 heteroatoms. The second kappa shape index (κ2) is 4.69. The van der Waals surface area contributed by atoms with Gasteiger partial charge in [-0.05, 0) is 19.1 Å².